The van der Waals surface area contributed by atoms with E-state index in [0.717, 1.165) is 21.5 Å². The molecule has 0 spiro atoms. The van der Waals surface area contributed by atoms with Gasteiger partial charge in [-0.05, 0) is 47.2 Å². The highest BCUT2D eigenvalue weighted by Gasteiger charge is 2.30. The molecule has 7 nitrogen and oxygen atoms in total. The Morgan fingerprint density at radius 1 is 1.21 bits per heavy atom. The third kappa shape index (κ3) is 4.56. The summed E-state index contributed by atoms with van der Waals surface area (Å²) < 4.78 is 41.5. The van der Waals surface area contributed by atoms with Crippen molar-refractivity contribution in [2.24, 2.45) is 12.2 Å². The molecule has 1 heterocycles. The highest BCUT2D eigenvalue weighted by atomic mass is 79.9. The standard InChI is InChI=1S/C18H15BrF3N5O2/c1-11(12-5-3-6-13(9-12)18(20,21)22)23-29-10-14-15(19)7-4-8-16(14)27-17(28)26(2)24-25-27/h3-9H,10H2,1-2H3. The van der Waals surface area contributed by atoms with E-state index in [1.165, 1.54) is 19.2 Å². The van der Waals surface area contributed by atoms with Gasteiger partial charge in [-0.15, -0.1) is 0 Å². The summed E-state index contributed by atoms with van der Waals surface area (Å²) in [6.07, 6.45) is -4.44. The van der Waals surface area contributed by atoms with Crippen LogP contribution in [0.15, 0.2) is 56.9 Å². The van der Waals surface area contributed by atoms with Gasteiger partial charge in [-0.25, -0.2) is 4.79 Å². The molecule has 0 unspecified atom stereocenters. The fourth-order valence-electron chi connectivity index (χ4n) is 2.52. The van der Waals surface area contributed by atoms with Gasteiger partial charge in [0.05, 0.1) is 17.0 Å². The average Bonchev–Trinajstić information content (AvgIpc) is 3.01. The van der Waals surface area contributed by atoms with Crippen molar-refractivity contribution in [2.75, 3.05) is 0 Å². The van der Waals surface area contributed by atoms with Crippen molar-refractivity contribution in [1.82, 2.24) is 19.8 Å². The zero-order chi connectivity index (χ0) is 21.2. The van der Waals surface area contributed by atoms with Gasteiger partial charge in [0.2, 0.25) is 0 Å². The van der Waals surface area contributed by atoms with Crippen molar-refractivity contribution in [3.63, 3.8) is 0 Å². The van der Waals surface area contributed by atoms with Crippen molar-refractivity contribution in [2.45, 2.75) is 19.7 Å². The molecule has 0 aliphatic carbocycles. The van der Waals surface area contributed by atoms with E-state index in [1.807, 2.05) is 0 Å². The largest absolute Gasteiger partial charge is 0.416 e. The van der Waals surface area contributed by atoms with Gasteiger partial charge in [0.15, 0.2) is 0 Å². The lowest BCUT2D eigenvalue weighted by atomic mass is 10.1. The van der Waals surface area contributed by atoms with Crippen LogP contribution in [0, 0.1) is 0 Å². The molecule has 11 heteroatoms. The third-order valence-corrected chi connectivity index (χ3v) is 4.80. The van der Waals surface area contributed by atoms with Crippen LogP contribution in [0.3, 0.4) is 0 Å². The molecular weight excluding hydrogens is 455 g/mol. The van der Waals surface area contributed by atoms with E-state index in [9.17, 15) is 18.0 Å². The fourth-order valence-corrected chi connectivity index (χ4v) is 2.99. The van der Waals surface area contributed by atoms with Crippen LogP contribution in [0.4, 0.5) is 13.2 Å². The first-order valence-electron chi connectivity index (χ1n) is 8.29. The second-order valence-electron chi connectivity index (χ2n) is 6.06. The van der Waals surface area contributed by atoms with Gasteiger partial charge in [-0.1, -0.05) is 39.3 Å². The molecule has 3 aromatic rings. The number of nitrogens with zero attached hydrogens (tertiary/aromatic N) is 5. The number of alkyl halides is 3. The normalized spacial score (nSPS) is 12.3. The summed E-state index contributed by atoms with van der Waals surface area (Å²) >= 11 is 3.40. The molecule has 0 saturated heterocycles. The first kappa shape index (κ1) is 20.8. The number of rotatable bonds is 5. The van der Waals surface area contributed by atoms with Crippen molar-refractivity contribution >= 4 is 21.6 Å². The molecule has 3 rings (SSSR count). The molecule has 0 amide bonds. The maximum atomic E-state index is 12.9. The maximum absolute atomic E-state index is 12.9. The van der Waals surface area contributed by atoms with Gasteiger partial charge in [0.25, 0.3) is 0 Å². The monoisotopic (exact) mass is 469 g/mol. The average molecular weight is 470 g/mol. The lowest BCUT2D eigenvalue weighted by Gasteiger charge is -2.10. The fraction of sp³-hybridized carbons (Fsp3) is 0.222. The molecule has 152 valence electrons. The van der Waals surface area contributed by atoms with E-state index < -0.39 is 17.4 Å². The van der Waals surface area contributed by atoms with E-state index in [-0.39, 0.29) is 17.9 Å². The molecule has 0 aliphatic heterocycles. The van der Waals surface area contributed by atoms with Crippen LogP contribution in [0.5, 0.6) is 0 Å². The number of tetrazole rings is 1. The summed E-state index contributed by atoms with van der Waals surface area (Å²) in [5.74, 6) is 0. The predicted octanol–water partition coefficient (Wildman–Crippen LogP) is 3.69. The number of benzene rings is 2. The summed E-state index contributed by atoms with van der Waals surface area (Å²) in [5.41, 5.74) is 0.395. The Labute approximate surface area is 171 Å². The summed E-state index contributed by atoms with van der Waals surface area (Å²) in [6, 6.07) is 9.97. The molecule has 0 radical (unpaired) electrons. The molecule has 0 fully saturated rings. The minimum absolute atomic E-state index is 0.0456. The SMILES string of the molecule is CC(=NOCc1c(Br)cccc1-n1nnn(C)c1=O)c1cccc(C(F)(F)F)c1. The lowest BCUT2D eigenvalue weighted by molar-refractivity contribution is -0.137. The molecule has 0 aliphatic rings. The van der Waals surface area contributed by atoms with Gasteiger partial charge in [0.1, 0.15) is 6.61 Å². The van der Waals surface area contributed by atoms with Crippen LogP contribution >= 0.6 is 15.9 Å². The van der Waals surface area contributed by atoms with Crippen LogP contribution in [-0.4, -0.2) is 25.5 Å². The molecule has 2 aromatic carbocycles. The molecule has 0 atom stereocenters. The lowest BCUT2D eigenvalue weighted by Crippen LogP contribution is -2.23. The van der Waals surface area contributed by atoms with Crippen LogP contribution in [0.2, 0.25) is 0 Å². The smallest absolute Gasteiger partial charge is 0.391 e. The molecule has 29 heavy (non-hydrogen) atoms. The Kier molecular flexibility index (Phi) is 5.87. The Bertz CT molecular complexity index is 1120. The first-order chi connectivity index (χ1) is 13.7. The van der Waals surface area contributed by atoms with E-state index in [0.29, 0.717) is 15.7 Å². The van der Waals surface area contributed by atoms with E-state index in [1.54, 1.807) is 25.1 Å². The van der Waals surface area contributed by atoms with Gasteiger partial charge in [0, 0.05) is 17.1 Å². The highest BCUT2D eigenvalue weighted by molar-refractivity contribution is 9.10. The zero-order valence-electron chi connectivity index (χ0n) is 15.3. The Hall–Kier alpha value is -2.95. The summed E-state index contributed by atoms with van der Waals surface area (Å²) in [6.45, 7) is 1.50. The number of aryl methyl sites for hydroxylation is 1. The molecular formula is C18H15BrF3N5O2. The molecule has 0 saturated carbocycles. The second kappa shape index (κ2) is 8.19. The minimum Gasteiger partial charge on any atom is -0.391 e. The van der Waals surface area contributed by atoms with Gasteiger partial charge in [-0.3, -0.25) is 0 Å². The van der Waals surface area contributed by atoms with Crippen molar-refractivity contribution in [3.8, 4) is 5.69 Å². The predicted molar refractivity (Wildman–Crippen MR) is 103 cm³/mol. The van der Waals surface area contributed by atoms with E-state index in [2.05, 4.69) is 31.5 Å². The van der Waals surface area contributed by atoms with Crippen molar-refractivity contribution < 1.29 is 18.0 Å². The summed E-state index contributed by atoms with van der Waals surface area (Å²) in [7, 11) is 1.47. The van der Waals surface area contributed by atoms with Crippen LogP contribution in [0.1, 0.15) is 23.6 Å². The Morgan fingerprint density at radius 3 is 2.59 bits per heavy atom. The van der Waals surface area contributed by atoms with Gasteiger partial charge >= 0.3 is 11.9 Å². The van der Waals surface area contributed by atoms with Crippen LogP contribution < -0.4 is 5.69 Å². The van der Waals surface area contributed by atoms with Crippen molar-refractivity contribution in [1.29, 1.82) is 0 Å². The first-order valence-corrected chi connectivity index (χ1v) is 9.08. The molecule has 1 aromatic heterocycles. The van der Waals surface area contributed by atoms with E-state index in [4.69, 9.17) is 4.84 Å². The summed E-state index contributed by atoms with van der Waals surface area (Å²) in [4.78, 5) is 17.5. The number of hydrogen-bond acceptors (Lipinski definition) is 5. The maximum Gasteiger partial charge on any atom is 0.416 e. The number of oxime groups is 1. The quantitative estimate of drug-likeness (QED) is 0.421. The Morgan fingerprint density at radius 2 is 1.93 bits per heavy atom. The number of halogens is 4. The van der Waals surface area contributed by atoms with Gasteiger partial charge < -0.3 is 4.84 Å². The summed E-state index contributed by atoms with van der Waals surface area (Å²) in [5, 5.41) is 11.4. The minimum atomic E-state index is -4.44. The highest BCUT2D eigenvalue weighted by Crippen LogP contribution is 2.29. The van der Waals surface area contributed by atoms with Crippen LogP contribution in [0.25, 0.3) is 5.69 Å². The zero-order valence-corrected chi connectivity index (χ0v) is 16.9. The third-order valence-electron chi connectivity index (χ3n) is 4.06. The molecule has 0 N–H and O–H groups in total. The Balaban J connectivity index is 1.84. The topological polar surface area (TPSA) is 74.3 Å². The molecule has 0 bridgehead atoms. The second-order valence-corrected chi connectivity index (χ2v) is 6.92. The number of aromatic nitrogens is 4. The van der Waals surface area contributed by atoms with Crippen molar-refractivity contribution in [3.05, 3.63) is 74.1 Å². The number of hydrogen-bond donors (Lipinski definition) is 0. The van der Waals surface area contributed by atoms with Gasteiger partial charge in [-0.2, -0.15) is 22.5 Å². The van der Waals surface area contributed by atoms with Crippen LogP contribution in [-0.2, 0) is 24.7 Å². The van der Waals surface area contributed by atoms with E-state index >= 15 is 0 Å².